The second-order valence-electron chi connectivity index (χ2n) is 4.25. The molecule has 19 heavy (non-hydrogen) atoms. The third-order valence-corrected chi connectivity index (χ3v) is 2.83. The van der Waals surface area contributed by atoms with Gasteiger partial charge in [-0.2, -0.15) is 0 Å². The molecule has 0 fully saturated rings. The van der Waals surface area contributed by atoms with Crippen molar-refractivity contribution in [1.82, 2.24) is 4.98 Å². The molecule has 0 aliphatic rings. The Labute approximate surface area is 111 Å². The van der Waals surface area contributed by atoms with Crippen molar-refractivity contribution in [1.29, 1.82) is 0 Å². The number of benzene rings is 1. The van der Waals surface area contributed by atoms with Gasteiger partial charge in [0.05, 0.1) is 17.8 Å². The van der Waals surface area contributed by atoms with Gasteiger partial charge in [-0.15, -0.1) is 0 Å². The number of carbonyl (C=O) groups is 1. The van der Waals surface area contributed by atoms with Crippen LogP contribution in [0, 0.1) is 0 Å². The maximum absolute atomic E-state index is 10.9. The molecule has 0 spiro atoms. The summed E-state index contributed by atoms with van der Waals surface area (Å²) in [5.74, 6) is -1.02. The molecule has 0 aliphatic heterocycles. The summed E-state index contributed by atoms with van der Waals surface area (Å²) in [5.41, 5.74) is 7.90. The molecule has 5 nitrogen and oxygen atoms in total. The number of hydrogen-bond donors (Lipinski definition) is 2. The fourth-order valence-electron chi connectivity index (χ4n) is 1.81. The van der Waals surface area contributed by atoms with Crippen LogP contribution in [0.3, 0.4) is 0 Å². The molecule has 0 unspecified atom stereocenters. The van der Waals surface area contributed by atoms with E-state index in [2.05, 4.69) is 4.98 Å². The zero-order chi connectivity index (χ0) is 13.8. The average Bonchev–Trinajstić information content (AvgIpc) is 2.39. The molecule has 0 saturated carbocycles. The van der Waals surface area contributed by atoms with Gasteiger partial charge < -0.3 is 15.7 Å². The second kappa shape index (κ2) is 5.39. The molecular formula is C14H15N3O2. The molecule has 3 N–H and O–H groups in total. The van der Waals surface area contributed by atoms with Crippen LogP contribution in [-0.4, -0.2) is 23.1 Å². The summed E-state index contributed by atoms with van der Waals surface area (Å²) in [5, 5.41) is 8.93. The van der Waals surface area contributed by atoms with Gasteiger partial charge in [0.15, 0.2) is 0 Å². The Bertz CT molecular complexity index is 584. The summed E-state index contributed by atoms with van der Waals surface area (Å²) >= 11 is 0. The molecule has 1 aromatic carbocycles. The fraction of sp³-hybridized carbons (Fsp3) is 0.143. The highest BCUT2D eigenvalue weighted by Crippen LogP contribution is 2.21. The SMILES string of the molecule is CN(Cc1ccccn1)c1ccc(C(=O)O)c(N)c1. The topological polar surface area (TPSA) is 79.5 Å². The predicted molar refractivity (Wildman–Crippen MR) is 74.2 cm³/mol. The van der Waals surface area contributed by atoms with Gasteiger partial charge in [0, 0.05) is 24.6 Å². The van der Waals surface area contributed by atoms with E-state index in [1.165, 1.54) is 6.07 Å². The number of carboxylic acids is 1. The van der Waals surface area contributed by atoms with Gasteiger partial charge in [0.2, 0.25) is 0 Å². The molecule has 1 aromatic heterocycles. The van der Waals surface area contributed by atoms with Crippen molar-refractivity contribution in [2.24, 2.45) is 0 Å². The summed E-state index contributed by atoms with van der Waals surface area (Å²) < 4.78 is 0. The Hall–Kier alpha value is -2.56. The molecule has 0 aliphatic carbocycles. The Morgan fingerprint density at radius 2 is 2.16 bits per heavy atom. The van der Waals surface area contributed by atoms with Crippen molar-refractivity contribution >= 4 is 17.3 Å². The molecule has 0 bridgehead atoms. The summed E-state index contributed by atoms with van der Waals surface area (Å²) in [6.07, 6.45) is 1.74. The van der Waals surface area contributed by atoms with Crippen molar-refractivity contribution in [2.45, 2.75) is 6.54 Å². The highest BCUT2D eigenvalue weighted by Gasteiger charge is 2.10. The quantitative estimate of drug-likeness (QED) is 0.819. The van der Waals surface area contributed by atoms with Crippen LogP contribution in [0.2, 0.25) is 0 Å². The summed E-state index contributed by atoms with van der Waals surface area (Å²) in [4.78, 5) is 17.1. The number of nitrogen functional groups attached to an aromatic ring is 1. The molecule has 0 saturated heterocycles. The number of hydrogen-bond acceptors (Lipinski definition) is 4. The van der Waals surface area contributed by atoms with Gasteiger partial charge in [-0.1, -0.05) is 6.07 Å². The summed E-state index contributed by atoms with van der Waals surface area (Å²) in [6, 6.07) is 10.6. The van der Waals surface area contributed by atoms with E-state index in [0.717, 1.165) is 11.4 Å². The minimum Gasteiger partial charge on any atom is -0.478 e. The molecule has 0 amide bonds. The van der Waals surface area contributed by atoms with E-state index >= 15 is 0 Å². The lowest BCUT2D eigenvalue weighted by Crippen LogP contribution is -2.17. The average molecular weight is 257 g/mol. The number of aromatic nitrogens is 1. The molecule has 98 valence electrons. The third-order valence-electron chi connectivity index (χ3n) is 2.83. The van der Waals surface area contributed by atoms with Crippen LogP contribution in [0.25, 0.3) is 0 Å². The van der Waals surface area contributed by atoms with Crippen molar-refractivity contribution in [3.63, 3.8) is 0 Å². The van der Waals surface area contributed by atoms with Crippen LogP contribution in [-0.2, 0) is 6.54 Å². The molecular weight excluding hydrogens is 242 g/mol. The highest BCUT2D eigenvalue weighted by molar-refractivity contribution is 5.94. The standard InChI is InChI=1S/C14H15N3O2/c1-17(9-10-4-2-3-7-16-10)11-5-6-12(14(18)19)13(15)8-11/h2-8H,9,15H2,1H3,(H,18,19). The summed E-state index contributed by atoms with van der Waals surface area (Å²) in [6.45, 7) is 0.632. The van der Waals surface area contributed by atoms with Gasteiger partial charge in [0.1, 0.15) is 0 Å². The number of anilines is 2. The first-order valence-corrected chi connectivity index (χ1v) is 5.82. The van der Waals surface area contributed by atoms with Crippen molar-refractivity contribution in [2.75, 3.05) is 17.7 Å². The van der Waals surface area contributed by atoms with Gasteiger partial charge >= 0.3 is 5.97 Å². The van der Waals surface area contributed by atoms with E-state index in [4.69, 9.17) is 10.8 Å². The predicted octanol–water partition coefficient (Wildman–Crippen LogP) is 2.00. The highest BCUT2D eigenvalue weighted by atomic mass is 16.4. The van der Waals surface area contributed by atoms with E-state index in [9.17, 15) is 4.79 Å². The number of aromatic carboxylic acids is 1. The maximum atomic E-state index is 10.9. The molecule has 0 atom stereocenters. The Balaban J connectivity index is 2.18. The van der Waals surface area contributed by atoms with Crippen LogP contribution < -0.4 is 10.6 Å². The smallest absolute Gasteiger partial charge is 0.337 e. The van der Waals surface area contributed by atoms with Crippen LogP contribution in [0.5, 0.6) is 0 Å². The normalized spacial score (nSPS) is 10.2. The van der Waals surface area contributed by atoms with E-state index in [-0.39, 0.29) is 11.3 Å². The number of rotatable bonds is 4. The van der Waals surface area contributed by atoms with Crippen molar-refractivity contribution in [3.8, 4) is 0 Å². The van der Waals surface area contributed by atoms with Crippen molar-refractivity contribution in [3.05, 3.63) is 53.9 Å². The van der Waals surface area contributed by atoms with E-state index in [0.29, 0.717) is 6.54 Å². The fourth-order valence-corrected chi connectivity index (χ4v) is 1.81. The Morgan fingerprint density at radius 1 is 1.37 bits per heavy atom. The molecule has 2 aromatic rings. The number of nitrogens with two attached hydrogens (primary N) is 1. The van der Waals surface area contributed by atoms with Crippen LogP contribution in [0.1, 0.15) is 16.1 Å². The van der Waals surface area contributed by atoms with E-state index in [1.54, 1.807) is 18.3 Å². The monoisotopic (exact) mass is 257 g/mol. The van der Waals surface area contributed by atoms with Gasteiger partial charge in [0.25, 0.3) is 0 Å². The molecule has 2 rings (SSSR count). The number of pyridine rings is 1. The Morgan fingerprint density at radius 3 is 2.74 bits per heavy atom. The van der Waals surface area contributed by atoms with Crippen LogP contribution in [0.4, 0.5) is 11.4 Å². The van der Waals surface area contributed by atoms with Crippen LogP contribution in [0.15, 0.2) is 42.6 Å². The van der Waals surface area contributed by atoms with Gasteiger partial charge in [-0.3, -0.25) is 4.98 Å². The number of carboxylic acid groups (broad SMARTS) is 1. The summed E-state index contributed by atoms with van der Waals surface area (Å²) in [7, 11) is 1.91. The molecule has 1 heterocycles. The lowest BCUT2D eigenvalue weighted by molar-refractivity contribution is 0.0698. The second-order valence-corrected chi connectivity index (χ2v) is 4.25. The van der Waals surface area contributed by atoms with Crippen molar-refractivity contribution < 1.29 is 9.90 Å². The lowest BCUT2D eigenvalue weighted by atomic mass is 10.1. The largest absolute Gasteiger partial charge is 0.478 e. The Kier molecular flexibility index (Phi) is 3.66. The van der Waals surface area contributed by atoms with E-state index in [1.807, 2.05) is 30.1 Å². The van der Waals surface area contributed by atoms with Crippen LogP contribution >= 0.6 is 0 Å². The number of nitrogens with zero attached hydrogens (tertiary/aromatic N) is 2. The zero-order valence-electron chi connectivity index (χ0n) is 10.6. The molecule has 0 radical (unpaired) electrons. The first kappa shape index (κ1) is 12.9. The first-order chi connectivity index (χ1) is 9.08. The van der Waals surface area contributed by atoms with E-state index < -0.39 is 5.97 Å². The van der Waals surface area contributed by atoms with Gasteiger partial charge in [-0.05, 0) is 30.3 Å². The minimum absolute atomic E-state index is 0.120. The zero-order valence-corrected chi connectivity index (χ0v) is 10.6. The maximum Gasteiger partial charge on any atom is 0.337 e. The van der Waals surface area contributed by atoms with Gasteiger partial charge in [-0.25, -0.2) is 4.79 Å². The lowest BCUT2D eigenvalue weighted by Gasteiger charge is -2.19. The third kappa shape index (κ3) is 3.01. The molecule has 5 heteroatoms. The minimum atomic E-state index is -1.02. The first-order valence-electron chi connectivity index (χ1n) is 5.82.